The van der Waals surface area contributed by atoms with Crippen molar-refractivity contribution in [3.05, 3.63) is 54.3 Å². The van der Waals surface area contributed by atoms with Crippen molar-refractivity contribution < 1.29 is 0 Å². The van der Waals surface area contributed by atoms with Crippen LogP contribution in [0, 0.1) is 0 Å². The van der Waals surface area contributed by atoms with Gasteiger partial charge in [-0.2, -0.15) is 0 Å². The van der Waals surface area contributed by atoms with Gasteiger partial charge in [0, 0.05) is 5.12 Å². The average molecular weight is 260 g/mol. The van der Waals surface area contributed by atoms with Crippen LogP contribution in [0.25, 0.3) is 10.5 Å². The molecule has 3 heteroatoms. The minimum Gasteiger partial charge on any atom is -0.102 e. The third-order valence-corrected chi connectivity index (χ3v) is 6.85. The van der Waals surface area contributed by atoms with Crippen molar-refractivity contribution in [2.24, 2.45) is 0 Å². The lowest BCUT2D eigenvalue weighted by Gasteiger charge is -2.03. The Hall–Kier alpha value is -0.660. The third kappa shape index (κ3) is 2.07. The van der Waals surface area contributed by atoms with Gasteiger partial charge in [-0.1, -0.05) is 65.0 Å². The first-order chi connectivity index (χ1) is 7.93. The Labute approximate surface area is 100.0 Å². The third-order valence-electron chi connectivity index (χ3n) is 2.53. The van der Waals surface area contributed by atoms with Crippen LogP contribution in [0.5, 0.6) is 0 Å². The fourth-order valence-corrected chi connectivity index (χ4v) is 6.46. The zero-order valence-corrected chi connectivity index (χ0v) is 11.5. The number of hydrogen-bond acceptors (Lipinski definition) is 0. The molecular formula is C13H11P3. The molecule has 0 nitrogen and oxygen atoms in total. The van der Waals surface area contributed by atoms with Crippen LogP contribution in [0.15, 0.2) is 54.3 Å². The normalized spacial score (nSPS) is 12.5. The van der Waals surface area contributed by atoms with Gasteiger partial charge in [0.1, 0.15) is 0 Å². The molecule has 2 atom stereocenters. The summed E-state index contributed by atoms with van der Waals surface area (Å²) < 4.78 is 0. The van der Waals surface area contributed by atoms with E-state index in [9.17, 15) is 0 Å². The molecule has 0 bridgehead atoms. The summed E-state index contributed by atoms with van der Waals surface area (Å²) in [7, 11) is 3.23. The van der Waals surface area contributed by atoms with Gasteiger partial charge in [-0.3, -0.25) is 0 Å². The number of benzene rings is 2. The largest absolute Gasteiger partial charge is 0.102 e. The van der Waals surface area contributed by atoms with Gasteiger partial charge in [-0.25, -0.2) is 0 Å². The molecule has 1 aromatic heterocycles. The molecule has 0 spiro atoms. The van der Waals surface area contributed by atoms with E-state index in [-0.39, 0.29) is 0 Å². The second-order valence-corrected chi connectivity index (χ2v) is 7.68. The number of rotatable bonds is 2. The van der Waals surface area contributed by atoms with Gasteiger partial charge in [-0.15, -0.1) is 7.87 Å². The van der Waals surface area contributed by atoms with E-state index < -0.39 is 0 Å². The molecule has 16 heavy (non-hydrogen) atoms. The highest BCUT2D eigenvalue weighted by Crippen LogP contribution is 2.35. The van der Waals surface area contributed by atoms with E-state index in [0.717, 1.165) is 16.5 Å². The van der Waals surface area contributed by atoms with Gasteiger partial charge >= 0.3 is 0 Å². The molecule has 78 valence electrons. The summed E-state index contributed by atoms with van der Waals surface area (Å²) >= 11 is 0. The molecule has 0 N–H and O–H groups in total. The fourth-order valence-electron chi connectivity index (χ4n) is 1.75. The fraction of sp³-hybridized carbons (Fsp3) is 0. The molecule has 2 unspecified atom stereocenters. The lowest BCUT2D eigenvalue weighted by Crippen LogP contribution is -2.02. The van der Waals surface area contributed by atoms with Crippen LogP contribution < -0.4 is 10.6 Å². The maximum atomic E-state index is 2.34. The van der Waals surface area contributed by atoms with E-state index in [1.54, 1.807) is 5.12 Å². The summed E-state index contributed by atoms with van der Waals surface area (Å²) in [6.07, 6.45) is 0. The van der Waals surface area contributed by atoms with Crippen molar-refractivity contribution in [1.82, 2.24) is 0 Å². The second kappa shape index (κ2) is 4.68. The number of fused-ring (bicyclic) bond motifs is 1. The van der Waals surface area contributed by atoms with Crippen molar-refractivity contribution in [3.8, 4) is 0 Å². The molecule has 0 fully saturated rings. The predicted molar refractivity (Wildman–Crippen MR) is 80.0 cm³/mol. The summed E-state index contributed by atoms with van der Waals surface area (Å²) in [4.78, 5) is 0. The lowest BCUT2D eigenvalue weighted by molar-refractivity contribution is 1.78. The smallest absolute Gasteiger partial charge is 0.0106 e. The van der Waals surface area contributed by atoms with Crippen molar-refractivity contribution in [1.29, 1.82) is 0 Å². The Kier molecular flexibility index (Phi) is 3.07. The van der Waals surface area contributed by atoms with Crippen LogP contribution in [0.4, 0.5) is 0 Å². The van der Waals surface area contributed by atoms with Gasteiger partial charge in [-0.05, 0) is 21.8 Å². The Bertz CT molecular complexity index is 599. The van der Waals surface area contributed by atoms with Crippen LogP contribution in [0.2, 0.25) is 0 Å². The van der Waals surface area contributed by atoms with Gasteiger partial charge in [0.25, 0.3) is 0 Å². The molecular weight excluding hydrogens is 249 g/mol. The SMILES string of the molecule is c1ccc(Pc2cccc3cp[pH]c23)cc1. The van der Waals surface area contributed by atoms with Crippen LogP contribution in [-0.4, -0.2) is 0 Å². The minimum atomic E-state index is 0.801. The molecule has 0 aliphatic rings. The first-order valence-corrected chi connectivity index (χ1v) is 8.98. The van der Waals surface area contributed by atoms with E-state index in [0.29, 0.717) is 0 Å². The molecule has 0 saturated heterocycles. The molecule has 0 radical (unpaired) electrons. The van der Waals surface area contributed by atoms with Crippen molar-refractivity contribution in [2.45, 2.75) is 0 Å². The highest BCUT2D eigenvalue weighted by atomic mass is 31.8. The first-order valence-electron chi connectivity index (χ1n) is 5.18. The first kappa shape index (κ1) is 10.5. The molecule has 0 saturated carbocycles. The van der Waals surface area contributed by atoms with Gasteiger partial charge < -0.3 is 0 Å². The van der Waals surface area contributed by atoms with Crippen LogP contribution >= 0.6 is 24.3 Å². The average Bonchev–Trinajstić information content (AvgIpc) is 2.80. The second-order valence-electron chi connectivity index (χ2n) is 3.63. The summed E-state index contributed by atoms with van der Waals surface area (Å²) in [5, 5.41) is 6.01. The summed E-state index contributed by atoms with van der Waals surface area (Å²) in [6.45, 7) is 0. The molecule has 0 aliphatic heterocycles. The van der Waals surface area contributed by atoms with E-state index in [4.69, 9.17) is 0 Å². The minimum absolute atomic E-state index is 0.801. The Morgan fingerprint density at radius 3 is 2.69 bits per heavy atom. The zero-order chi connectivity index (χ0) is 10.8. The maximum absolute atomic E-state index is 2.34. The van der Waals surface area contributed by atoms with Crippen molar-refractivity contribution in [2.75, 3.05) is 0 Å². The highest BCUT2D eigenvalue weighted by Gasteiger charge is 2.01. The predicted octanol–water partition coefficient (Wildman–Crippen LogP) is 4.08. The Balaban J connectivity index is 2.04. The summed E-state index contributed by atoms with van der Waals surface area (Å²) in [6, 6.07) is 17.5. The van der Waals surface area contributed by atoms with E-state index in [1.165, 1.54) is 23.9 Å². The molecule has 0 amide bonds. The zero-order valence-electron chi connectivity index (χ0n) is 8.64. The van der Waals surface area contributed by atoms with E-state index in [2.05, 4.69) is 54.3 Å². The summed E-state index contributed by atoms with van der Waals surface area (Å²) in [5.41, 5.74) is 0. The quantitative estimate of drug-likeness (QED) is 0.609. The molecule has 3 rings (SSSR count). The summed E-state index contributed by atoms with van der Waals surface area (Å²) in [5.74, 6) is 2.34. The monoisotopic (exact) mass is 260 g/mol. The van der Waals surface area contributed by atoms with Gasteiger partial charge in [0.05, 0.1) is 0 Å². The molecule has 1 heterocycles. The molecule has 0 aliphatic carbocycles. The highest BCUT2D eigenvalue weighted by molar-refractivity contribution is 7.93. The lowest BCUT2D eigenvalue weighted by atomic mass is 10.3. The van der Waals surface area contributed by atoms with Gasteiger partial charge in [0.15, 0.2) is 0 Å². The Morgan fingerprint density at radius 2 is 1.81 bits per heavy atom. The topological polar surface area (TPSA) is 0 Å². The Morgan fingerprint density at radius 1 is 0.938 bits per heavy atom. The molecule has 3 aromatic rings. The van der Waals surface area contributed by atoms with Crippen LogP contribution in [-0.2, 0) is 0 Å². The van der Waals surface area contributed by atoms with Crippen molar-refractivity contribution in [3.63, 3.8) is 0 Å². The van der Waals surface area contributed by atoms with Gasteiger partial charge in [0.2, 0.25) is 0 Å². The van der Waals surface area contributed by atoms with Crippen LogP contribution in [0.1, 0.15) is 0 Å². The van der Waals surface area contributed by atoms with Crippen LogP contribution in [0.3, 0.4) is 0 Å². The van der Waals surface area contributed by atoms with E-state index in [1.807, 2.05) is 0 Å². The standard InChI is InChI=1S/C13H11P3/c1-2-6-11(7-3-1)15-12-8-4-5-10-9-14-16-13(10)12/h1-9,15-16H. The van der Waals surface area contributed by atoms with Crippen molar-refractivity contribution >= 4 is 45.4 Å². The number of hydrogen-bond donors (Lipinski definition) is 0. The molecule has 2 aromatic carbocycles. The van der Waals surface area contributed by atoms with E-state index >= 15 is 0 Å². The maximum Gasteiger partial charge on any atom is 0.0106 e.